The van der Waals surface area contributed by atoms with E-state index in [9.17, 15) is 0 Å². The summed E-state index contributed by atoms with van der Waals surface area (Å²) in [5.41, 5.74) is 10.3. The number of hydrogen-bond acceptors (Lipinski definition) is 4. The average Bonchev–Trinajstić information content (AvgIpc) is 2.50. The number of rotatable bonds is 6. The predicted molar refractivity (Wildman–Crippen MR) is 84.2 cm³/mol. The highest BCUT2D eigenvalue weighted by atomic mass is 15.1. The summed E-state index contributed by atoms with van der Waals surface area (Å²) in [6.07, 6.45) is 4.15. The lowest BCUT2D eigenvalue weighted by Gasteiger charge is -2.22. The molecule has 4 heteroatoms. The van der Waals surface area contributed by atoms with Crippen LogP contribution in [0, 0.1) is 18.3 Å². The summed E-state index contributed by atoms with van der Waals surface area (Å²) in [5.74, 6) is 0. The van der Waals surface area contributed by atoms with Crippen LogP contribution < -0.4 is 5.73 Å². The number of nitriles is 1. The monoisotopic (exact) mass is 280 g/mol. The van der Waals surface area contributed by atoms with Crippen molar-refractivity contribution in [2.45, 2.75) is 26.4 Å². The summed E-state index contributed by atoms with van der Waals surface area (Å²) in [4.78, 5) is 6.40. The zero-order valence-corrected chi connectivity index (χ0v) is 12.3. The molecule has 0 bridgehead atoms. The number of benzene rings is 1. The molecule has 2 rings (SSSR count). The molecule has 21 heavy (non-hydrogen) atoms. The van der Waals surface area contributed by atoms with Crippen molar-refractivity contribution in [3.63, 3.8) is 0 Å². The first-order chi connectivity index (χ1) is 10.2. The molecule has 0 aliphatic rings. The molecule has 2 aromatic rings. The fourth-order valence-electron chi connectivity index (χ4n) is 2.29. The smallest absolute Gasteiger partial charge is 0.0635 e. The van der Waals surface area contributed by atoms with E-state index in [1.165, 1.54) is 5.56 Å². The number of hydrogen-bond donors (Lipinski definition) is 1. The van der Waals surface area contributed by atoms with Gasteiger partial charge in [0.25, 0.3) is 0 Å². The second kappa shape index (κ2) is 7.41. The Morgan fingerprint density at radius 2 is 2.10 bits per heavy atom. The van der Waals surface area contributed by atoms with Gasteiger partial charge in [-0.1, -0.05) is 18.2 Å². The van der Waals surface area contributed by atoms with Crippen LogP contribution in [0.15, 0.2) is 42.7 Å². The van der Waals surface area contributed by atoms with Gasteiger partial charge >= 0.3 is 0 Å². The summed E-state index contributed by atoms with van der Waals surface area (Å²) < 4.78 is 0. The van der Waals surface area contributed by atoms with Crippen LogP contribution >= 0.6 is 0 Å². The first-order valence-corrected chi connectivity index (χ1v) is 7.03. The van der Waals surface area contributed by atoms with E-state index in [1.807, 2.05) is 31.3 Å². The third kappa shape index (κ3) is 4.30. The van der Waals surface area contributed by atoms with E-state index < -0.39 is 0 Å². The Kier molecular flexibility index (Phi) is 5.30. The zero-order valence-electron chi connectivity index (χ0n) is 12.3. The van der Waals surface area contributed by atoms with Gasteiger partial charge in [-0.05, 0) is 35.7 Å². The van der Waals surface area contributed by atoms with E-state index in [4.69, 9.17) is 11.0 Å². The van der Waals surface area contributed by atoms with E-state index in [2.05, 4.69) is 28.1 Å². The highest BCUT2D eigenvalue weighted by Gasteiger charge is 2.10. The summed E-state index contributed by atoms with van der Waals surface area (Å²) in [7, 11) is 0. The van der Waals surface area contributed by atoms with Crippen molar-refractivity contribution in [3.8, 4) is 6.07 Å². The van der Waals surface area contributed by atoms with Crippen molar-refractivity contribution in [1.29, 1.82) is 5.26 Å². The first-order valence-electron chi connectivity index (χ1n) is 7.03. The van der Waals surface area contributed by atoms with Gasteiger partial charge in [0.15, 0.2) is 0 Å². The van der Waals surface area contributed by atoms with E-state index in [0.29, 0.717) is 6.42 Å². The van der Waals surface area contributed by atoms with Gasteiger partial charge in [-0.15, -0.1) is 0 Å². The van der Waals surface area contributed by atoms with Crippen molar-refractivity contribution >= 4 is 5.69 Å². The number of nitrogens with two attached hydrogens (primary N) is 1. The lowest BCUT2D eigenvalue weighted by Crippen LogP contribution is -2.24. The molecule has 0 spiro atoms. The Balaban J connectivity index is 2.12. The average molecular weight is 280 g/mol. The number of anilines is 1. The first kappa shape index (κ1) is 15.0. The van der Waals surface area contributed by atoms with Gasteiger partial charge in [0.1, 0.15) is 0 Å². The largest absolute Gasteiger partial charge is 0.399 e. The maximum absolute atomic E-state index is 8.84. The molecule has 0 aliphatic carbocycles. The van der Waals surface area contributed by atoms with Crippen LogP contribution in [0.2, 0.25) is 0 Å². The Labute approximate surface area is 125 Å². The molecular weight excluding hydrogens is 260 g/mol. The van der Waals surface area contributed by atoms with Gasteiger partial charge in [-0.2, -0.15) is 5.26 Å². The summed E-state index contributed by atoms with van der Waals surface area (Å²) in [5, 5.41) is 8.84. The van der Waals surface area contributed by atoms with Crippen molar-refractivity contribution < 1.29 is 0 Å². The zero-order chi connectivity index (χ0) is 15.1. The third-order valence-electron chi connectivity index (χ3n) is 3.55. The van der Waals surface area contributed by atoms with Gasteiger partial charge < -0.3 is 5.73 Å². The van der Waals surface area contributed by atoms with Crippen molar-refractivity contribution in [2.75, 3.05) is 12.3 Å². The van der Waals surface area contributed by atoms with Gasteiger partial charge in [0.05, 0.1) is 6.07 Å². The van der Waals surface area contributed by atoms with Gasteiger partial charge in [-0.3, -0.25) is 9.88 Å². The van der Waals surface area contributed by atoms with Crippen LogP contribution in [0.5, 0.6) is 0 Å². The van der Waals surface area contributed by atoms with Crippen molar-refractivity contribution in [1.82, 2.24) is 9.88 Å². The Bertz CT molecular complexity index is 616. The van der Waals surface area contributed by atoms with E-state index in [0.717, 1.165) is 36.4 Å². The molecule has 4 nitrogen and oxygen atoms in total. The molecule has 0 saturated heterocycles. The number of aromatic nitrogens is 1. The lowest BCUT2D eigenvalue weighted by molar-refractivity contribution is 0.262. The number of nitrogens with zero attached hydrogens (tertiary/aromatic N) is 3. The van der Waals surface area contributed by atoms with Crippen molar-refractivity contribution in [2.24, 2.45) is 0 Å². The molecule has 2 N–H and O–H groups in total. The fourth-order valence-corrected chi connectivity index (χ4v) is 2.29. The minimum atomic E-state index is 0.516. The normalized spacial score (nSPS) is 10.5. The highest BCUT2D eigenvalue weighted by molar-refractivity contribution is 5.49. The predicted octanol–water partition coefficient (Wildman–Crippen LogP) is 2.89. The van der Waals surface area contributed by atoms with Crippen LogP contribution in [0.1, 0.15) is 23.1 Å². The van der Waals surface area contributed by atoms with E-state index >= 15 is 0 Å². The van der Waals surface area contributed by atoms with Gasteiger partial charge in [0, 0.05) is 44.1 Å². The molecule has 1 heterocycles. The molecule has 0 saturated carbocycles. The maximum Gasteiger partial charge on any atom is 0.0635 e. The SMILES string of the molecule is Cc1c(N)cccc1CN(CCC#N)Cc1cccnc1. The van der Waals surface area contributed by atoms with Crippen LogP contribution in [-0.2, 0) is 13.1 Å². The highest BCUT2D eigenvalue weighted by Crippen LogP contribution is 2.18. The maximum atomic E-state index is 8.84. The van der Waals surface area contributed by atoms with E-state index in [-0.39, 0.29) is 0 Å². The van der Waals surface area contributed by atoms with Crippen LogP contribution in [0.3, 0.4) is 0 Å². The lowest BCUT2D eigenvalue weighted by atomic mass is 10.1. The quantitative estimate of drug-likeness (QED) is 0.826. The summed E-state index contributed by atoms with van der Waals surface area (Å²) in [6.45, 7) is 4.34. The Morgan fingerprint density at radius 3 is 2.81 bits per heavy atom. The summed E-state index contributed by atoms with van der Waals surface area (Å²) in [6, 6.07) is 12.2. The molecular formula is C17H20N4. The molecule has 0 aliphatic heterocycles. The van der Waals surface area contributed by atoms with Gasteiger partial charge in [0.2, 0.25) is 0 Å². The molecule has 0 fully saturated rings. The fraction of sp³-hybridized carbons (Fsp3) is 0.294. The molecule has 0 unspecified atom stereocenters. The van der Waals surface area contributed by atoms with Crippen LogP contribution in [-0.4, -0.2) is 16.4 Å². The van der Waals surface area contributed by atoms with Crippen LogP contribution in [0.25, 0.3) is 0 Å². The third-order valence-corrected chi connectivity index (χ3v) is 3.55. The molecule has 108 valence electrons. The number of pyridine rings is 1. The molecule has 1 aromatic heterocycles. The topological polar surface area (TPSA) is 65.9 Å². The molecule has 0 radical (unpaired) electrons. The van der Waals surface area contributed by atoms with E-state index in [1.54, 1.807) is 6.20 Å². The minimum Gasteiger partial charge on any atom is -0.399 e. The van der Waals surface area contributed by atoms with Crippen LogP contribution in [0.4, 0.5) is 5.69 Å². The Hall–Kier alpha value is -2.38. The second-order valence-corrected chi connectivity index (χ2v) is 5.11. The van der Waals surface area contributed by atoms with Crippen molar-refractivity contribution in [3.05, 3.63) is 59.4 Å². The Morgan fingerprint density at radius 1 is 1.24 bits per heavy atom. The number of nitrogen functional groups attached to an aromatic ring is 1. The molecule has 1 aromatic carbocycles. The summed E-state index contributed by atoms with van der Waals surface area (Å²) >= 11 is 0. The molecule has 0 amide bonds. The molecule has 0 atom stereocenters. The van der Waals surface area contributed by atoms with Gasteiger partial charge in [-0.25, -0.2) is 0 Å². The standard InChI is InChI=1S/C17H20N4/c1-14-16(6-2-7-17(14)19)13-21(10-4-8-18)12-15-5-3-9-20-11-15/h2-3,5-7,9,11H,4,10,12-13,19H2,1H3. The minimum absolute atomic E-state index is 0.516. The second-order valence-electron chi connectivity index (χ2n) is 5.11.